The van der Waals surface area contributed by atoms with E-state index in [9.17, 15) is 39.3 Å². The molecular formula is C22H24N2O8. The van der Waals surface area contributed by atoms with Gasteiger partial charge in [0, 0.05) is 11.8 Å². The van der Waals surface area contributed by atoms with Gasteiger partial charge in [-0.3, -0.25) is 28.9 Å². The molecular weight excluding hydrogens is 420 g/mol. The minimum Gasteiger partial charge on any atom is -0.507 e. The number of Topliss-reactive ketones (excluding diaryl/α,β-unsaturated/α-hetero) is 4. The second kappa shape index (κ2) is 6.77. The molecule has 170 valence electrons. The first kappa shape index (κ1) is 22.3. The van der Waals surface area contributed by atoms with Crippen molar-refractivity contribution < 1.29 is 39.3 Å². The van der Waals surface area contributed by atoms with Crippen LogP contribution in [0.3, 0.4) is 0 Å². The number of hydrogen-bond donors (Lipinski definition) is 4. The maximum Gasteiger partial charge on any atom is 0.235 e. The number of phenolic OH excluding ortho intramolecular Hbond substituents is 1. The van der Waals surface area contributed by atoms with E-state index < -0.39 is 75.7 Å². The Kier molecular flexibility index (Phi) is 4.71. The summed E-state index contributed by atoms with van der Waals surface area (Å²) in [5.41, 5.74) is 0.511. The van der Waals surface area contributed by atoms with Crippen molar-refractivity contribution in [3.8, 4) is 5.75 Å². The number of amides is 1. The van der Waals surface area contributed by atoms with Crippen LogP contribution in [0.15, 0.2) is 18.2 Å². The van der Waals surface area contributed by atoms with Crippen LogP contribution in [0.5, 0.6) is 5.75 Å². The van der Waals surface area contributed by atoms with Gasteiger partial charge in [0.2, 0.25) is 5.91 Å². The van der Waals surface area contributed by atoms with Gasteiger partial charge in [0.05, 0.1) is 23.1 Å². The number of ketones is 4. The van der Waals surface area contributed by atoms with Gasteiger partial charge in [0.25, 0.3) is 0 Å². The first-order valence-electron chi connectivity index (χ1n) is 10.2. The Morgan fingerprint density at radius 2 is 1.72 bits per heavy atom. The number of carbonyl (C=O) groups excluding carboxylic acids is 5. The molecule has 5 N–H and O–H groups in total. The second-order valence-electron chi connectivity index (χ2n) is 9.28. The van der Waals surface area contributed by atoms with E-state index in [0.717, 1.165) is 0 Å². The van der Waals surface area contributed by atoms with Crippen molar-refractivity contribution in [2.24, 2.45) is 29.4 Å². The summed E-state index contributed by atoms with van der Waals surface area (Å²) in [6.07, 6.45) is -0.230. The fourth-order valence-electron chi connectivity index (χ4n) is 5.88. The molecule has 4 rings (SSSR count). The summed E-state index contributed by atoms with van der Waals surface area (Å²) in [5, 5.41) is 33.1. The molecule has 2 fully saturated rings. The maximum absolute atomic E-state index is 13.6. The van der Waals surface area contributed by atoms with Gasteiger partial charge < -0.3 is 21.1 Å². The van der Waals surface area contributed by atoms with Crippen LogP contribution < -0.4 is 5.73 Å². The lowest BCUT2D eigenvalue weighted by Gasteiger charge is -2.55. The first-order chi connectivity index (χ1) is 14.8. The molecule has 3 unspecified atom stereocenters. The van der Waals surface area contributed by atoms with E-state index in [1.807, 2.05) is 0 Å². The summed E-state index contributed by atoms with van der Waals surface area (Å²) in [7, 11) is 2.98. The highest BCUT2D eigenvalue weighted by Gasteiger charge is 2.71. The molecule has 3 aliphatic rings. The second-order valence-corrected chi connectivity index (χ2v) is 9.28. The molecule has 1 aromatic carbocycles. The van der Waals surface area contributed by atoms with Crippen molar-refractivity contribution in [3.63, 3.8) is 0 Å². The van der Waals surface area contributed by atoms with E-state index in [4.69, 9.17) is 5.73 Å². The molecule has 0 aliphatic heterocycles. The molecule has 10 nitrogen and oxygen atoms in total. The van der Waals surface area contributed by atoms with Gasteiger partial charge in [-0.15, -0.1) is 0 Å². The summed E-state index contributed by atoms with van der Waals surface area (Å²) in [6, 6.07) is 2.91. The number of nitrogens with two attached hydrogens (primary N) is 1. The molecule has 32 heavy (non-hydrogen) atoms. The van der Waals surface area contributed by atoms with Gasteiger partial charge in [0.1, 0.15) is 5.75 Å². The van der Waals surface area contributed by atoms with Gasteiger partial charge >= 0.3 is 0 Å². The highest BCUT2D eigenvalue weighted by Crippen LogP contribution is 2.55. The average molecular weight is 444 g/mol. The minimum absolute atomic E-state index is 0.117. The lowest BCUT2D eigenvalue weighted by molar-refractivity contribution is -0.188. The number of nitrogens with zero attached hydrogens (tertiary/aromatic N) is 1. The molecule has 0 aromatic heterocycles. The number of phenols is 1. The normalized spacial score (nSPS) is 38.9. The molecule has 0 bridgehead atoms. The summed E-state index contributed by atoms with van der Waals surface area (Å²) in [6.45, 7) is 1.39. The Labute approximate surface area is 183 Å². The topological polar surface area (TPSA) is 175 Å². The van der Waals surface area contributed by atoms with E-state index in [-0.39, 0.29) is 17.5 Å². The van der Waals surface area contributed by atoms with E-state index >= 15 is 0 Å². The predicted molar refractivity (Wildman–Crippen MR) is 107 cm³/mol. The van der Waals surface area contributed by atoms with Crippen molar-refractivity contribution in [1.82, 2.24) is 4.90 Å². The third-order valence-corrected chi connectivity index (χ3v) is 7.38. The Hall–Kier alpha value is -2.95. The highest BCUT2D eigenvalue weighted by atomic mass is 16.3. The monoisotopic (exact) mass is 444 g/mol. The van der Waals surface area contributed by atoms with Gasteiger partial charge in [-0.25, -0.2) is 0 Å². The smallest absolute Gasteiger partial charge is 0.235 e. The lowest BCUT2D eigenvalue weighted by atomic mass is 9.49. The molecule has 2 saturated carbocycles. The van der Waals surface area contributed by atoms with Crippen LogP contribution in [0.2, 0.25) is 0 Å². The van der Waals surface area contributed by atoms with Gasteiger partial charge in [0.15, 0.2) is 34.7 Å². The molecule has 0 radical (unpaired) electrons. The molecule has 0 saturated heterocycles. The van der Waals surface area contributed by atoms with E-state index in [0.29, 0.717) is 0 Å². The average Bonchev–Trinajstić information content (AvgIpc) is 2.68. The zero-order valence-electron chi connectivity index (χ0n) is 17.7. The maximum atomic E-state index is 13.6. The number of likely N-dealkylation sites (N-methyl/N-ethyl adjacent to an activating group) is 1. The highest BCUT2D eigenvalue weighted by molar-refractivity contribution is 6.32. The van der Waals surface area contributed by atoms with Crippen molar-refractivity contribution in [2.45, 2.75) is 30.6 Å². The van der Waals surface area contributed by atoms with E-state index in [2.05, 4.69) is 0 Å². The Morgan fingerprint density at radius 1 is 1.09 bits per heavy atom. The van der Waals surface area contributed by atoms with Crippen molar-refractivity contribution >= 4 is 29.0 Å². The van der Waals surface area contributed by atoms with Crippen LogP contribution in [-0.2, 0) is 24.8 Å². The third kappa shape index (κ3) is 2.54. The van der Waals surface area contributed by atoms with Crippen molar-refractivity contribution in [3.05, 3.63) is 29.3 Å². The summed E-state index contributed by atoms with van der Waals surface area (Å²) < 4.78 is 0. The Morgan fingerprint density at radius 3 is 2.28 bits per heavy atom. The summed E-state index contributed by atoms with van der Waals surface area (Å²) >= 11 is 0. The van der Waals surface area contributed by atoms with Crippen LogP contribution in [0.1, 0.15) is 29.3 Å². The number of primary amides is 1. The van der Waals surface area contributed by atoms with Crippen molar-refractivity contribution in [2.75, 3.05) is 14.1 Å². The lowest BCUT2D eigenvalue weighted by Crippen LogP contribution is -2.75. The SMILES string of the molecule is CN(C)C1C(=O)C(C(N)=O)C(=O)[C@@]2(O)C(=O)C3C(=O)c4c(O)cccc4[C@@](C)(O)[C@H]3C[C@@H]12. The fourth-order valence-corrected chi connectivity index (χ4v) is 5.88. The number of fused-ring (bicyclic) bond motifs is 3. The van der Waals surface area contributed by atoms with Gasteiger partial charge in [-0.1, -0.05) is 12.1 Å². The standard InChI is InChI=1S/C22H24N2O8/c1-21(31)8-5-4-6-11(25)12(8)16(26)13-9(21)7-10-15(24(2)3)17(27)14(20(23)30)19(29)22(10,32)18(13)28/h4-6,9-10,13-15,25,31-32H,7H2,1-3H3,(H2,23,30)/t9-,10-,13?,14?,15?,21+,22-/m0/s1. The van der Waals surface area contributed by atoms with Crippen LogP contribution in [0, 0.1) is 23.7 Å². The Balaban J connectivity index is 1.95. The molecule has 1 amide bonds. The van der Waals surface area contributed by atoms with Crippen molar-refractivity contribution in [1.29, 1.82) is 0 Å². The molecule has 0 spiro atoms. The number of aliphatic hydroxyl groups is 2. The van der Waals surface area contributed by atoms with Crippen LogP contribution in [-0.4, -0.2) is 75.0 Å². The zero-order valence-corrected chi connectivity index (χ0v) is 17.7. The number of aromatic hydroxyl groups is 1. The first-order valence-corrected chi connectivity index (χ1v) is 10.2. The Bertz CT molecular complexity index is 1090. The molecule has 1 aromatic rings. The quantitative estimate of drug-likeness (QED) is 0.397. The van der Waals surface area contributed by atoms with Crippen LogP contribution in [0.4, 0.5) is 0 Å². The summed E-state index contributed by atoms with van der Waals surface area (Å²) in [5.74, 6) is -12.0. The van der Waals surface area contributed by atoms with E-state index in [1.54, 1.807) is 0 Å². The number of carbonyl (C=O) groups is 5. The fraction of sp³-hybridized carbons (Fsp3) is 0.500. The van der Waals surface area contributed by atoms with Crippen LogP contribution >= 0.6 is 0 Å². The van der Waals surface area contributed by atoms with Gasteiger partial charge in [-0.2, -0.15) is 0 Å². The molecule has 3 aliphatic carbocycles. The number of hydrogen-bond acceptors (Lipinski definition) is 9. The largest absolute Gasteiger partial charge is 0.507 e. The zero-order chi connectivity index (χ0) is 23.9. The molecule has 7 atom stereocenters. The minimum atomic E-state index is -2.82. The van der Waals surface area contributed by atoms with Gasteiger partial charge in [-0.05, 0) is 39.1 Å². The molecule has 10 heteroatoms. The number of rotatable bonds is 2. The predicted octanol–water partition coefficient (Wildman–Crippen LogP) is -1.47. The van der Waals surface area contributed by atoms with E-state index in [1.165, 1.54) is 44.1 Å². The number of benzene rings is 1. The third-order valence-electron chi connectivity index (χ3n) is 7.38. The van der Waals surface area contributed by atoms with Crippen LogP contribution in [0.25, 0.3) is 0 Å². The summed E-state index contributed by atoms with van der Waals surface area (Å²) in [4.78, 5) is 66.4. The molecule has 0 heterocycles.